The number of carboxylic acids is 2. The van der Waals surface area contributed by atoms with Crippen LogP contribution in [0.5, 0.6) is 0 Å². The molecule has 0 aliphatic heterocycles. The summed E-state index contributed by atoms with van der Waals surface area (Å²) in [5.41, 5.74) is 0. The van der Waals surface area contributed by atoms with Gasteiger partial charge in [0.25, 0.3) is 0 Å². The molecule has 0 saturated heterocycles. The number of aliphatic carboxylic acids is 2. The van der Waals surface area contributed by atoms with E-state index in [-0.39, 0.29) is 0 Å². The molecular weight excluding hydrogens is 282 g/mol. The second-order valence-corrected chi connectivity index (χ2v) is 1.55. The van der Waals surface area contributed by atoms with Gasteiger partial charge in [-0.2, -0.15) is 0 Å². The molecule has 0 fully saturated rings. The molecule has 69 valence electrons. The first-order chi connectivity index (χ1) is 5.46. The Bertz CT molecular complexity index is 151. The van der Waals surface area contributed by atoms with Crippen molar-refractivity contribution in [2.45, 2.75) is 12.2 Å². The van der Waals surface area contributed by atoms with E-state index in [9.17, 15) is 14.7 Å². The van der Waals surface area contributed by atoms with E-state index >= 15 is 0 Å². The van der Waals surface area contributed by atoms with Crippen LogP contribution in [0.3, 0.4) is 0 Å². The van der Waals surface area contributed by atoms with Crippen molar-refractivity contribution in [3.8, 4) is 0 Å². The number of hydrogen-bond donors (Lipinski definition) is 3. The summed E-state index contributed by atoms with van der Waals surface area (Å²) in [5, 5.41) is 34.1. The molecule has 0 aromatic heterocycles. The molecule has 1 radical (unpaired) electrons. The predicted molar refractivity (Wildman–Crippen MR) is 31.1 cm³/mol. The Labute approximate surface area is 80.5 Å². The minimum atomic E-state index is -2.38. The summed E-state index contributed by atoms with van der Waals surface area (Å²) < 4.78 is 8.30. The Morgan fingerprint density at radius 3 is 1.58 bits per heavy atom. The van der Waals surface area contributed by atoms with E-state index in [0.717, 1.165) is 0 Å². The van der Waals surface area contributed by atoms with Gasteiger partial charge in [0.1, 0.15) is 6.10 Å². The van der Waals surface area contributed by atoms with E-state index in [1.165, 1.54) is 0 Å². The fourth-order valence-electron chi connectivity index (χ4n) is 0.264. The van der Waals surface area contributed by atoms with Gasteiger partial charge >= 0.3 is 32.0 Å². The Balaban J connectivity index is 0. The van der Waals surface area contributed by atoms with Crippen molar-refractivity contribution in [3.63, 3.8) is 0 Å². The fraction of sp³-hybridized carbons (Fsp3) is 0.500. The number of aliphatic hydroxyl groups is 2. The van der Waals surface area contributed by atoms with Crippen molar-refractivity contribution >= 4 is 35.0 Å². The van der Waals surface area contributed by atoms with Crippen LogP contribution in [0.2, 0.25) is 0 Å². The van der Waals surface area contributed by atoms with E-state index in [4.69, 9.17) is 18.3 Å². The third kappa shape index (κ3) is 5.17. The second-order valence-electron chi connectivity index (χ2n) is 1.55. The van der Waals surface area contributed by atoms with Gasteiger partial charge in [0.15, 0.2) is 6.10 Å². The van der Waals surface area contributed by atoms with Gasteiger partial charge < -0.3 is 25.2 Å². The fourth-order valence-corrected chi connectivity index (χ4v) is 0.264. The summed E-state index contributed by atoms with van der Waals surface area (Å²) >= 11 is 0.500. The second kappa shape index (κ2) is 7.14. The quantitative estimate of drug-likeness (QED) is 0.451. The van der Waals surface area contributed by atoms with Crippen molar-refractivity contribution in [2.75, 3.05) is 0 Å². The molecule has 12 heavy (non-hydrogen) atoms. The van der Waals surface area contributed by atoms with Gasteiger partial charge in [-0.25, -0.2) is 4.79 Å². The van der Waals surface area contributed by atoms with Crippen molar-refractivity contribution in [2.24, 2.45) is 0 Å². The van der Waals surface area contributed by atoms with Crippen LogP contribution >= 0.6 is 0 Å². The van der Waals surface area contributed by atoms with Gasteiger partial charge in [0, 0.05) is 0 Å². The Kier molecular flexibility index (Phi) is 8.35. The SMILES string of the molecule is O=C([O-])C(O)C(O)C(=O)O.[O]=[Sb]. The molecule has 0 spiro atoms. The molecule has 0 aliphatic carbocycles. The van der Waals surface area contributed by atoms with Crippen LogP contribution in [0, 0.1) is 0 Å². The van der Waals surface area contributed by atoms with E-state index < -0.39 is 24.1 Å². The van der Waals surface area contributed by atoms with E-state index in [0.29, 0.717) is 23.0 Å². The number of carbonyl (C=O) groups is 2. The summed E-state index contributed by atoms with van der Waals surface area (Å²) in [6, 6.07) is 0. The third-order valence-electron chi connectivity index (χ3n) is 0.794. The molecular formula is C4H5O7Sb-. The van der Waals surface area contributed by atoms with Crippen molar-refractivity contribution in [3.05, 3.63) is 0 Å². The molecule has 8 heteroatoms. The average Bonchev–Trinajstić information content (AvgIpc) is 2.05. The van der Waals surface area contributed by atoms with Crippen LogP contribution in [-0.2, 0) is 12.6 Å². The first-order valence-corrected chi connectivity index (χ1v) is 3.49. The minimum absolute atomic E-state index is 0.500. The van der Waals surface area contributed by atoms with Gasteiger partial charge in [-0.05, 0) is 0 Å². The van der Waals surface area contributed by atoms with Crippen LogP contribution in [-0.4, -0.2) is 62.5 Å². The van der Waals surface area contributed by atoms with E-state index in [2.05, 4.69) is 0 Å². The number of rotatable bonds is 3. The van der Waals surface area contributed by atoms with Crippen LogP contribution in [0.4, 0.5) is 0 Å². The summed E-state index contributed by atoms with van der Waals surface area (Å²) in [6.45, 7) is 0. The molecule has 0 amide bonds. The monoisotopic (exact) mass is 286 g/mol. The van der Waals surface area contributed by atoms with Crippen molar-refractivity contribution in [1.82, 2.24) is 0 Å². The summed E-state index contributed by atoms with van der Waals surface area (Å²) in [4.78, 5) is 19.4. The number of carboxylic acid groups (broad SMARTS) is 2. The molecule has 2 atom stereocenters. The molecule has 0 aromatic rings. The summed E-state index contributed by atoms with van der Waals surface area (Å²) in [7, 11) is 0. The Hall–Kier alpha value is -0.522. The molecule has 3 N–H and O–H groups in total. The van der Waals surface area contributed by atoms with Gasteiger partial charge in [0.2, 0.25) is 0 Å². The van der Waals surface area contributed by atoms with Gasteiger partial charge in [-0.1, -0.05) is 0 Å². The molecule has 0 rings (SSSR count). The molecule has 0 saturated carbocycles. The topological polar surface area (TPSA) is 135 Å². The van der Waals surface area contributed by atoms with Gasteiger partial charge in [-0.15, -0.1) is 0 Å². The van der Waals surface area contributed by atoms with Crippen LogP contribution in [0.1, 0.15) is 0 Å². The molecule has 0 aromatic carbocycles. The third-order valence-corrected chi connectivity index (χ3v) is 0.794. The molecule has 0 bridgehead atoms. The van der Waals surface area contributed by atoms with Crippen LogP contribution in [0.25, 0.3) is 0 Å². The normalized spacial score (nSPS) is 13.5. The van der Waals surface area contributed by atoms with Crippen molar-refractivity contribution in [1.29, 1.82) is 0 Å². The van der Waals surface area contributed by atoms with E-state index in [1.807, 2.05) is 0 Å². The number of hydrogen-bond acceptors (Lipinski definition) is 6. The van der Waals surface area contributed by atoms with E-state index in [1.54, 1.807) is 0 Å². The summed E-state index contributed by atoms with van der Waals surface area (Å²) in [5.74, 6) is -3.83. The molecule has 0 aliphatic rings. The van der Waals surface area contributed by atoms with Gasteiger partial charge in [0.05, 0.1) is 5.97 Å². The standard InChI is InChI=1S/C4H6O6.O.Sb/c5-1(3(7)8)2(6)4(9)10;;/h1-2,5-6H,(H,7,8)(H,9,10);;/p-1. The van der Waals surface area contributed by atoms with Crippen LogP contribution in [0.15, 0.2) is 0 Å². The number of aliphatic hydroxyl groups excluding tert-OH is 2. The molecule has 0 heterocycles. The molecule has 7 nitrogen and oxygen atoms in total. The zero-order chi connectivity index (χ0) is 10.3. The number of carbonyl (C=O) groups excluding carboxylic acids is 1. The van der Waals surface area contributed by atoms with Crippen molar-refractivity contribution < 1.29 is 33.0 Å². The Morgan fingerprint density at radius 2 is 1.50 bits per heavy atom. The maximum atomic E-state index is 9.74. The predicted octanol–water partition coefficient (Wildman–Crippen LogP) is -3.96. The first-order valence-electron chi connectivity index (χ1n) is 2.45. The first kappa shape index (κ1) is 14.0. The van der Waals surface area contributed by atoms with Crippen LogP contribution < -0.4 is 5.11 Å². The maximum absolute atomic E-state index is 9.74. The summed E-state index contributed by atoms with van der Waals surface area (Å²) in [6.07, 6.45) is -4.71. The zero-order valence-electron chi connectivity index (χ0n) is 5.58. The molecule has 2 unspecified atom stereocenters. The average molecular weight is 287 g/mol. The zero-order valence-corrected chi connectivity index (χ0v) is 8.13. The Morgan fingerprint density at radius 1 is 1.17 bits per heavy atom. The van der Waals surface area contributed by atoms with Gasteiger partial charge in [-0.3, -0.25) is 0 Å².